The highest BCUT2D eigenvalue weighted by Gasteiger charge is 2.24. The average Bonchev–Trinajstić information content (AvgIpc) is 2.61. The number of ketones is 1. The van der Waals surface area contributed by atoms with Gasteiger partial charge in [-0.05, 0) is 55.5 Å². The zero-order chi connectivity index (χ0) is 17.1. The first-order chi connectivity index (χ1) is 11.6. The summed E-state index contributed by atoms with van der Waals surface area (Å²) < 4.78 is 19.3. The van der Waals surface area contributed by atoms with Gasteiger partial charge in [0, 0.05) is 13.1 Å². The molecule has 2 aromatic rings. The van der Waals surface area contributed by atoms with Crippen LogP contribution in [-0.4, -0.2) is 26.0 Å². The average molecular weight is 327 g/mol. The van der Waals surface area contributed by atoms with E-state index in [-0.39, 0.29) is 11.3 Å². The number of halogens is 1. The Morgan fingerprint density at radius 2 is 1.88 bits per heavy atom. The number of rotatable bonds is 4. The van der Waals surface area contributed by atoms with Gasteiger partial charge in [-0.25, -0.2) is 4.39 Å². The molecule has 1 aliphatic rings. The first-order valence-corrected chi connectivity index (χ1v) is 8.28. The fourth-order valence-corrected chi connectivity index (χ4v) is 3.47. The lowest BCUT2D eigenvalue weighted by Crippen LogP contribution is -2.34. The maximum absolute atomic E-state index is 14.0. The number of carbonyl (C=O) groups is 1. The molecular formula is C20H22FNO2. The van der Waals surface area contributed by atoms with Crippen LogP contribution in [0.25, 0.3) is 0 Å². The van der Waals surface area contributed by atoms with Crippen LogP contribution in [0.1, 0.15) is 41.6 Å². The third-order valence-electron chi connectivity index (χ3n) is 4.74. The number of Topliss-reactive ketones (excluding diaryl/α,β-unsaturated/α-hetero) is 1. The highest BCUT2D eigenvalue weighted by Crippen LogP contribution is 2.33. The van der Waals surface area contributed by atoms with E-state index in [0.29, 0.717) is 11.6 Å². The first kappa shape index (κ1) is 16.5. The fourth-order valence-electron chi connectivity index (χ4n) is 3.47. The molecule has 0 unspecified atom stereocenters. The minimum absolute atomic E-state index is 0.206. The van der Waals surface area contributed by atoms with Gasteiger partial charge < -0.3 is 9.64 Å². The molecule has 2 aromatic carbocycles. The van der Waals surface area contributed by atoms with Crippen molar-refractivity contribution in [2.24, 2.45) is 0 Å². The summed E-state index contributed by atoms with van der Waals surface area (Å²) in [5.41, 5.74) is 2.20. The predicted octanol–water partition coefficient (Wildman–Crippen LogP) is 4.42. The van der Waals surface area contributed by atoms with Gasteiger partial charge in [0.05, 0.1) is 18.4 Å². The normalized spacial score (nSPS) is 15.4. The molecule has 0 atom stereocenters. The number of ether oxygens (including phenoxy) is 1. The Kier molecular flexibility index (Phi) is 4.84. The summed E-state index contributed by atoms with van der Waals surface area (Å²) in [5, 5.41) is 0. The number of hydrogen-bond donors (Lipinski definition) is 0. The van der Waals surface area contributed by atoms with E-state index in [1.807, 2.05) is 18.2 Å². The summed E-state index contributed by atoms with van der Waals surface area (Å²) in [5.74, 6) is 0.678. The largest absolute Gasteiger partial charge is 0.497 e. The van der Waals surface area contributed by atoms with Crippen LogP contribution in [0.5, 0.6) is 5.75 Å². The van der Waals surface area contributed by atoms with Gasteiger partial charge in [0.2, 0.25) is 0 Å². The number of methoxy groups -OCH3 is 1. The molecule has 1 heterocycles. The van der Waals surface area contributed by atoms with Gasteiger partial charge in [0.25, 0.3) is 0 Å². The van der Waals surface area contributed by atoms with Crippen LogP contribution in [-0.2, 0) is 0 Å². The molecule has 1 fully saturated rings. The molecule has 3 nitrogen and oxygen atoms in total. The van der Waals surface area contributed by atoms with E-state index in [1.54, 1.807) is 13.2 Å². The van der Waals surface area contributed by atoms with Crippen molar-refractivity contribution in [2.45, 2.75) is 25.7 Å². The molecule has 4 heteroatoms. The Labute approximate surface area is 142 Å². The number of nitrogens with zero attached hydrogens (tertiary/aromatic N) is 1. The second kappa shape index (κ2) is 7.04. The van der Waals surface area contributed by atoms with E-state index in [2.05, 4.69) is 17.0 Å². The summed E-state index contributed by atoms with van der Waals surface area (Å²) in [4.78, 5) is 13.9. The van der Waals surface area contributed by atoms with Crippen LogP contribution in [0, 0.1) is 5.82 Å². The van der Waals surface area contributed by atoms with Gasteiger partial charge in [-0.15, -0.1) is 0 Å². The van der Waals surface area contributed by atoms with Gasteiger partial charge in [-0.1, -0.05) is 18.2 Å². The van der Waals surface area contributed by atoms with Gasteiger partial charge >= 0.3 is 0 Å². The highest BCUT2D eigenvalue weighted by atomic mass is 19.1. The number of piperidine rings is 1. The van der Waals surface area contributed by atoms with Crippen LogP contribution in [0.3, 0.4) is 0 Å². The Bertz CT molecular complexity index is 736. The van der Waals surface area contributed by atoms with E-state index in [0.717, 1.165) is 31.7 Å². The lowest BCUT2D eigenvalue weighted by atomic mass is 9.89. The molecule has 0 amide bonds. The second-order valence-electron chi connectivity index (χ2n) is 6.23. The minimum Gasteiger partial charge on any atom is -0.497 e. The Balaban J connectivity index is 1.76. The van der Waals surface area contributed by atoms with Crippen LogP contribution in [0.15, 0.2) is 42.5 Å². The van der Waals surface area contributed by atoms with Crippen molar-refractivity contribution in [2.75, 3.05) is 25.1 Å². The van der Waals surface area contributed by atoms with E-state index in [1.165, 1.54) is 18.6 Å². The molecule has 0 aliphatic carbocycles. The van der Waals surface area contributed by atoms with Gasteiger partial charge in [0.15, 0.2) is 5.78 Å². The Morgan fingerprint density at radius 1 is 1.17 bits per heavy atom. The van der Waals surface area contributed by atoms with Gasteiger partial charge in [-0.3, -0.25) is 4.79 Å². The van der Waals surface area contributed by atoms with E-state index in [9.17, 15) is 9.18 Å². The highest BCUT2D eigenvalue weighted by molar-refractivity contribution is 6.00. The summed E-state index contributed by atoms with van der Waals surface area (Å²) in [6, 6.07) is 13.0. The van der Waals surface area contributed by atoms with Crippen molar-refractivity contribution in [1.29, 1.82) is 0 Å². The third-order valence-corrected chi connectivity index (χ3v) is 4.74. The maximum Gasteiger partial charge on any atom is 0.164 e. The number of benzene rings is 2. The smallest absolute Gasteiger partial charge is 0.164 e. The maximum atomic E-state index is 14.0. The Hall–Kier alpha value is -2.36. The van der Waals surface area contributed by atoms with Crippen LogP contribution in [0.2, 0.25) is 0 Å². The summed E-state index contributed by atoms with van der Waals surface area (Å²) in [6.45, 7) is 3.04. The predicted molar refractivity (Wildman–Crippen MR) is 93.6 cm³/mol. The number of carbonyl (C=O) groups excluding carboxylic acids is 1. The summed E-state index contributed by atoms with van der Waals surface area (Å²) in [7, 11) is 1.68. The molecule has 3 rings (SSSR count). The molecule has 0 N–H and O–H groups in total. The van der Waals surface area contributed by atoms with Gasteiger partial charge in [0.1, 0.15) is 11.6 Å². The molecule has 24 heavy (non-hydrogen) atoms. The SMILES string of the molecule is COc1cccc(C2CCN(c3cccc(F)c3C(C)=O)CC2)c1. The van der Waals surface area contributed by atoms with Crippen molar-refractivity contribution < 1.29 is 13.9 Å². The third kappa shape index (κ3) is 3.28. The minimum atomic E-state index is -0.435. The zero-order valence-corrected chi connectivity index (χ0v) is 14.1. The molecule has 1 saturated heterocycles. The lowest BCUT2D eigenvalue weighted by molar-refractivity contribution is 0.101. The van der Waals surface area contributed by atoms with Crippen molar-refractivity contribution in [3.05, 3.63) is 59.4 Å². The molecule has 0 saturated carbocycles. The van der Waals surface area contributed by atoms with E-state index >= 15 is 0 Å². The molecule has 0 radical (unpaired) electrons. The number of anilines is 1. The van der Waals surface area contributed by atoms with Crippen LogP contribution in [0.4, 0.5) is 10.1 Å². The molecule has 0 bridgehead atoms. The quantitative estimate of drug-likeness (QED) is 0.779. The monoisotopic (exact) mass is 327 g/mol. The van der Waals surface area contributed by atoms with Gasteiger partial charge in [-0.2, -0.15) is 0 Å². The molecule has 0 spiro atoms. The van der Waals surface area contributed by atoms with Crippen LogP contribution < -0.4 is 9.64 Å². The second-order valence-corrected chi connectivity index (χ2v) is 6.23. The first-order valence-electron chi connectivity index (χ1n) is 8.28. The van der Waals surface area contributed by atoms with Crippen molar-refractivity contribution >= 4 is 11.5 Å². The van der Waals surface area contributed by atoms with Crippen LogP contribution >= 0.6 is 0 Å². The molecule has 0 aromatic heterocycles. The van der Waals surface area contributed by atoms with E-state index in [4.69, 9.17) is 4.74 Å². The van der Waals surface area contributed by atoms with E-state index < -0.39 is 5.82 Å². The van der Waals surface area contributed by atoms with Crippen molar-refractivity contribution in [3.8, 4) is 5.75 Å². The van der Waals surface area contributed by atoms with Crippen molar-refractivity contribution in [3.63, 3.8) is 0 Å². The summed E-state index contributed by atoms with van der Waals surface area (Å²) in [6.07, 6.45) is 1.95. The topological polar surface area (TPSA) is 29.5 Å². The molecular weight excluding hydrogens is 305 g/mol. The Morgan fingerprint density at radius 3 is 2.54 bits per heavy atom. The zero-order valence-electron chi connectivity index (χ0n) is 14.1. The summed E-state index contributed by atoms with van der Waals surface area (Å²) >= 11 is 0. The lowest BCUT2D eigenvalue weighted by Gasteiger charge is -2.34. The number of hydrogen-bond acceptors (Lipinski definition) is 3. The molecule has 1 aliphatic heterocycles. The standard InChI is InChI=1S/C20H22FNO2/c1-14(23)20-18(21)7-4-8-19(20)22-11-9-15(10-12-22)16-5-3-6-17(13-16)24-2/h3-8,13,15H,9-12H2,1-2H3. The molecule has 126 valence electrons. The van der Waals surface area contributed by atoms with Crippen molar-refractivity contribution in [1.82, 2.24) is 0 Å². The fraction of sp³-hybridized carbons (Fsp3) is 0.350.